The van der Waals surface area contributed by atoms with Crippen molar-refractivity contribution in [2.24, 2.45) is 7.05 Å². The number of aryl methyl sites for hydroxylation is 1. The van der Waals surface area contributed by atoms with Gasteiger partial charge in [-0.1, -0.05) is 12.8 Å². The van der Waals surface area contributed by atoms with Crippen molar-refractivity contribution in [3.63, 3.8) is 0 Å². The second-order valence-corrected chi connectivity index (χ2v) is 6.75. The van der Waals surface area contributed by atoms with E-state index < -0.39 is 0 Å². The molecule has 3 heterocycles. The van der Waals surface area contributed by atoms with Crippen LogP contribution in [0.1, 0.15) is 25.7 Å². The zero-order valence-electron chi connectivity index (χ0n) is 15.4. The van der Waals surface area contributed by atoms with Gasteiger partial charge in [-0.2, -0.15) is 5.10 Å². The number of methoxy groups -OCH3 is 1. The third-order valence-electron chi connectivity index (χ3n) is 4.82. The Balaban J connectivity index is 1.64. The zero-order chi connectivity index (χ0) is 18.8. The van der Waals surface area contributed by atoms with E-state index in [4.69, 9.17) is 4.74 Å². The second-order valence-electron chi connectivity index (χ2n) is 6.75. The van der Waals surface area contributed by atoms with Crippen molar-refractivity contribution in [2.45, 2.75) is 31.7 Å². The topological polar surface area (TPSA) is 94.0 Å². The Labute approximate surface area is 157 Å². The van der Waals surface area contributed by atoms with E-state index in [1.807, 2.05) is 19.3 Å². The van der Waals surface area contributed by atoms with Crippen molar-refractivity contribution < 1.29 is 9.53 Å². The Morgan fingerprint density at radius 1 is 1.26 bits per heavy atom. The summed E-state index contributed by atoms with van der Waals surface area (Å²) in [7, 11) is 3.46. The molecule has 140 valence electrons. The van der Waals surface area contributed by atoms with Gasteiger partial charge in [-0.25, -0.2) is 9.78 Å². The van der Waals surface area contributed by atoms with Gasteiger partial charge in [0, 0.05) is 36.6 Å². The minimum absolute atomic E-state index is 0.232. The molecule has 1 fully saturated rings. The van der Waals surface area contributed by atoms with Crippen molar-refractivity contribution >= 4 is 22.9 Å². The van der Waals surface area contributed by atoms with Crippen LogP contribution < -0.4 is 15.4 Å². The Hall–Kier alpha value is -3.16. The summed E-state index contributed by atoms with van der Waals surface area (Å²) in [6.45, 7) is 0. The van der Waals surface area contributed by atoms with Crippen molar-refractivity contribution in [3.05, 3.63) is 30.7 Å². The smallest absolute Gasteiger partial charge is 0.320 e. The Morgan fingerprint density at radius 3 is 2.78 bits per heavy atom. The minimum Gasteiger partial charge on any atom is -0.494 e. The first kappa shape index (κ1) is 17.3. The number of urea groups is 1. The molecule has 2 N–H and O–H groups in total. The summed E-state index contributed by atoms with van der Waals surface area (Å²) in [6, 6.07) is 3.58. The normalized spacial score (nSPS) is 14.4. The van der Waals surface area contributed by atoms with E-state index in [1.165, 1.54) is 12.8 Å². The van der Waals surface area contributed by atoms with Crippen molar-refractivity contribution in [1.29, 1.82) is 0 Å². The van der Waals surface area contributed by atoms with Crippen LogP contribution in [0, 0.1) is 0 Å². The SMILES string of the molecule is COc1c(-c2cnn(C)c2)cnc2ccc(NC(=O)NC3CCCC3)nc12. The molecule has 1 aliphatic rings. The third kappa shape index (κ3) is 3.55. The molecule has 3 aromatic heterocycles. The van der Waals surface area contributed by atoms with Crippen LogP contribution in [0.2, 0.25) is 0 Å². The summed E-state index contributed by atoms with van der Waals surface area (Å²) in [6.07, 6.45) is 9.79. The van der Waals surface area contributed by atoms with Gasteiger partial charge in [0.2, 0.25) is 0 Å². The summed E-state index contributed by atoms with van der Waals surface area (Å²) in [5, 5.41) is 10.0. The van der Waals surface area contributed by atoms with E-state index in [-0.39, 0.29) is 12.1 Å². The van der Waals surface area contributed by atoms with Gasteiger partial charge < -0.3 is 10.1 Å². The highest BCUT2D eigenvalue weighted by atomic mass is 16.5. The molecule has 8 nitrogen and oxygen atoms in total. The monoisotopic (exact) mass is 366 g/mol. The number of nitrogens with zero attached hydrogens (tertiary/aromatic N) is 4. The summed E-state index contributed by atoms with van der Waals surface area (Å²) >= 11 is 0. The molecule has 4 rings (SSSR count). The number of carbonyl (C=O) groups excluding carboxylic acids is 1. The van der Waals surface area contributed by atoms with Crippen LogP contribution in [0.4, 0.5) is 10.6 Å². The summed E-state index contributed by atoms with van der Waals surface area (Å²) < 4.78 is 7.34. The fourth-order valence-corrected chi connectivity index (χ4v) is 3.49. The van der Waals surface area contributed by atoms with Crippen LogP contribution in [0.5, 0.6) is 5.75 Å². The Bertz CT molecular complexity index is 977. The van der Waals surface area contributed by atoms with Gasteiger partial charge in [-0.05, 0) is 25.0 Å². The van der Waals surface area contributed by atoms with E-state index in [0.717, 1.165) is 24.0 Å². The van der Waals surface area contributed by atoms with Crippen LogP contribution in [-0.2, 0) is 7.05 Å². The van der Waals surface area contributed by atoms with Crippen LogP contribution >= 0.6 is 0 Å². The predicted molar refractivity (Wildman–Crippen MR) is 103 cm³/mol. The molecule has 0 aromatic carbocycles. The molecule has 8 heteroatoms. The van der Waals surface area contributed by atoms with Crippen molar-refractivity contribution in [3.8, 4) is 16.9 Å². The van der Waals surface area contributed by atoms with Gasteiger partial charge in [0.15, 0.2) is 5.75 Å². The van der Waals surface area contributed by atoms with E-state index in [2.05, 4.69) is 25.7 Å². The van der Waals surface area contributed by atoms with E-state index in [9.17, 15) is 4.79 Å². The number of hydrogen-bond donors (Lipinski definition) is 2. The van der Waals surface area contributed by atoms with Crippen LogP contribution in [0.25, 0.3) is 22.2 Å². The second kappa shape index (κ2) is 7.22. The Kier molecular flexibility index (Phi) is 4.62. The number of rotatable bonds is 4. The largest absolute Gasteiger partial charge is 0.494 e. The number of pyridine rings is 2. The standard InChI is InChI=1S/C19H22N6O2/c1-25-11-12(9-21-25)14-10-20-15-7-8-16(23-17(15)18(14)27-2)24-19(26)22-13-5-3-4-6-13/h7-11,13H,3-6H2,1-2H3,(H2,22,23,24,26). The highest BCUT2D eigenvalue weighted by molar-refractivity contribution is 5.93. The third-order valence-corrected chi connectivity index (χ3v) is 4.82. The maximum Gasteiger partial charge on any atom is 0.320 e. The number of hydrogen-bond acceptors (Lipinski definition) is 5. The lowest BCUT2D eigenvalue weighted by molar-refractivity contribution is 0.248. The summed E-state index contributed by atoms with van der Waals surface area (Å²) in [5.74, 6) is 1.06. The minimum atomic E-state index is -0.232. The molecule has 3 aromatic rings. The Morgan fingerprint density at radius 2 is 2.07 bits per heavy atom. The number of carbonyl (C=O) groups is 1. The molecule has 2 amide bonds. The maximum atomic E-state index is 12.2. The average molecular weight is 366 g/mol. The first-order valence-electron chi connectivity index (χ1n) is 9.04. The van der Waals surface area contributed by atoms with E-state index in [1.54, 1.807) is 30.3 Å². The predicted octanol–water partition coefficient (Wildman–Crippen LogP) is 3.10. The van der Waals surface area contributed by atoms with Gasteiger partial charge in [0.25, 0.3) is 0 Å². The number of fused-ring (bicyclic) bond motifs is 1. The lowest BCUT2D eigenvalue weighted by atomic mass is 10.1. The lowest BCUT2D eigenvalue weighted by Gasteiger charge is -2.14. The number of nitrogens with one attached hydrogen (secondary N) is 2. The number of aromatic nitrogens is 4. The summed E-state index contributed by atoms with van der Waals surface area (Å²) in [5.41, 5.74) is 2.99. The molecule has 1 saturated carbocycles. The molecule has 27 heavy (non-hydrogen) atoms. The molecule has 0 bridgehead atoms. The average Bonchev–Trinajstić information content (AvgIpc) is 3.32. The molecule has 0 saturated heterocycles. The first-order valence-corrected chi connectivity index (χ1v) is 9.04. The van der Waals surface area contributed by atoms with Crippen LogP contribution in [0.15, 0.2) is 30.7 Å². The van der Waals surface area contributed by atoms with E-state index >= 15 is 0 Å². The summed E-state index contributed by atoms with van der Waals surface area (Å²) in [4.78, 5) is 21.3. The van der Waals surface area contributed by atoms with Crippen molar-refractivity contribution in [1.82, 2.24) is 25.1 Å². The molecule has 0 unspecified atom stereocenters. The van der Waals surface area contributed by atoms with Crippen LogP contribution in [-0.4, -0.2) is 38.9 Å². The maximum absolute atomic E-state index is 12.2. The molecule has 1 aliphatic carbocycles. The van der Waals surface area contributed by atoms with Crippen LogP contribution in [0.3, 0.4) is 0 Å². The number of ether oxygens (including phenoxy) is 1. The number of amides is 2. The molecule has 0 atom stereocenters. The van der Waals surface area contributed by atoms with E-state index in [0.29, 0.717) is 22.6 Å². The van der Waals surface area contributed by atoms with Gasteiger partial charge in [0.1, 0.15) is 11.3 Å². The molecule has 0 spiro atoms. The molecule has 0 radical (unpaired) electrons. The van der Waals surface area contributed by atoms with Gasteiger partial charge in [-0.3, -0.25) is 15.0 Å². The van der Waals surface area contributed by atoms with Crippen molar-refractivity contribution in [2.75, 3.05) is 12.4 Å². The first-order chi connectivity index (χ1) is 13.1. The molecular weight excluding hydrogens is 344 g/mol. The molecule has 0 aliphatic heterocycles. The lowest BCUT2D eigenvalue weighted by Crippen LogP contribution is -2.36. The van der Waals surface area contributed by atoms with Gasteiger partial charge in [0.05, 0.1) is 18.8 Å². The highest BCUT2D eigenvalue weighted by Gasteiger charge is 2.18. The fourth-order valence-electron chi connectivity index (χ4n) is 3.49. The number of anilines is 1. The quantitative estimate of drug-likeness (QED) is 0.740. The molecular formula is C19H22N6O2. The van der Waals surface area contributed by atoms with Gasteiger partial charge in [-0.15, -0.1) is 0 Å². The highest BCUT2D eigenvalue weighted by Crippen LogP contribution is 2.34. The van der Waals surface area contributed by atoms with Gasteiger partial charge >= 0.3 is 6.03 Å². The zero-order valence-corrected chi connectivity index (χ0v) is 15.4. The fraction of sp³-hybridized carbons (Fsp3) is 0.368.